The first-order valence-electron chi connectivity index (χ1n) is 6.15. The van der Waals surface area contributed by atoms with Crippen LogP contribution in [0.1, 0.15) is 26.7 Å². The highest BCUT2D eigenvalue weighted by Gasteiger charge is 2.36. The molecule has 1 rings (SSSR count). The van der Waals surface area contributed by atoms with Crippen LogP contribution in [0.4, 0.5) is 0 Å². The number of hydrogen-bond donors (Lipinski definition) is 1. The Hall–Kier alpha value is -0.870. The van der Waals surface area contributed by atoms with Gasteiger partial charge in [0.1, 0.15) is 0 Å². The molecule has 0 aromatic carbocycles. The van der Waals surface area contributed by atoms with Crippen LogP contribution in [-0.4, -0.2) is 59.1 Å². The average molecular weight is 240 g/mol. The molecular formula is C13H24N2O2. The fraction of sp³-hybridized carbons (Fsp3) is 0.769. The van der Waals surface area contributed by atoms with E-state index in [0.717, 1.165) is 19.6 Å². The lowest BCUT2D eigenvalue weighted by Crippen LogP contribution is -2.62. The van der Waals surface area contributed by atoms with Gasteiger partial charge in [0, 0.05) is 37.6 Å². The molecule has 0 bridgehead atoms. The van der Waals surface area contributed by atoms with Gasteiger partial charge in [0.05, 0.1) is 0 Å². The molecule has 1 aliphatic rings. The van der Waals surface area contributed by atoms with Gasteiger partial charge >= 0.3 is 5.97 Å². The standard InChI is InChI=1S/C13H24N2O2/c1-5-8-15-9-11(6-7-12(16)17)14(4)13(2,3)10-15/h5,11H,1,6-10H2,2-4H3,(H,16,17). The Morgan fingerprint density at radius 1 is 1.59 bits per heavy atom. The van der Waals surface area contributed by atoms with Gasteiger partial charge in [-0.25, -0.2) is 0 Å². The summed E-state index contributed by atoms with van der Waals surface area (Å²) in [5.41, 5.74) is 0.0877. The summed E-state index contributed by atoms with van der Waals surface area (Å²) in [4.78, 5) is 15.3. The Kier molecular flexibility index (Phi) is 4.71. The Morgan fingerprint density at radius 2 is 2.24 bits per heavy atom. The van der Waals surface area contributed by atoms with Crippen molar-refractivity contribution in [2.45, 2.75) is 38.3 Å². The molecule has 1 aliphatic heterocycles. The van der Waals surface area contributed by atoms with E-state index in [1.165, 1.54) is 0 Å². The van der Waals surface area contributed by atoms with Crippen molar-refractivity contribution in [3.63, 3.8) is 0 Å². The van der Waals surface area contributed by atoms with E-state index in [9.17, 15) is 4.79 Å². The maximum Gasteiger partial charge on any atom is 0.303 e. The molecular weight excluding hydrogens is 216 g/mol. The highest BCUT2D eigenvalue weighted by Crippen LogP contribution is 2.25. The number of carboxylic acids is 1. The van der Waals surface area contributed by atoms with Crippen LogP contribution in [-0.2, 0) is 4.79 Å². The molecule has 17 heavy (non-hydrogen) atoms. The number of aliphatic carboxylic acids is 1. The third kappa shape index (κ3) is 3.82. The zero-order chi connectivity index (χ0) is 13.1. The summed E-state index contributed by atoms with van der Waals surface area (Å²) in [7, 11) is 2.10. The Morgan fingerprint density at radius 3 is 2.76 bits per heavy atom. The Labute approximate surface area is 104 Å². The number of carbonyl (C=O) groups is 1. The number of hydrogen-bond acceptors (Lipinski definition) is 3. The highest BCUT2D eigenvalue weighted by atomic mass is 16.4. The van der Waals surface area contributed by atoms with Crippen molar-refractivity contribution in [2.75, 3.05) is 26.7 Å². The van der Waals surface area contributed by atoms with Crippen molar-refractivity contribution >= 4 is 5.97 Å². The molecule has 1 atom stereocenters. The van der Waals surface area contributed by atoms with Crippen molar-refractivity contribution < 1.29 is 9.90 Å². The Bertz CT molecular complexity index is 289. The van der Waals surface area contributed by atoms with Crippen LogP contribution >= 0.6 is 0 Å². The zero-order valence-corrected chi connectivity index (χ0v) is 11.1. The topological polar surface area (TPSA) is 43.8 Å². The van der Waals surface area contributed by atoms with Crippen LogP contribution in [0.3, 0.4) is 0 Å². The fourth-order valence-corrected chi connectivity index (χ4v) is 2.53. The van der Waals surface area contributed by atoms with Gasteiger partial charge in [-0.2, -0.15) is 0 Å². The third-order valence-corrected chi connectivity index (χ3v) is 3.66. The van der Waals surface area contributed by atoms with Crippen molar-refractivity contribution in [3.05, 3.63) is 12.7 Å². The van der Waals surface area contributed by atoms with Crippen LogP contribution < -0.4 is 0 Å². The first-order valence-corrected chi connectivity index (χ1v) is 6.15. The van der Waals surface area contributed by atoms with Gasteiger partial charge < -0.3 is 5.11 Å². The lowest BCUT2D eigenvalue weighted by molar-refractivity contribution is -0.137. The molecule has 0 amide bonds. The summed E-state index contributed by atoms with van der Waals surface area (Å²) in [6.45, 7) is 11.0. The molecule has 1 fully saturated rings. The maximum atomic E-state index is 10.7. The van der Waals surface area contributed by atoms with Gasteiger partial charge in [-0.3, -0.25) is 14.6 Å². The molecule has 1 N–H and O–H groups in total. The second-order valence-corrected chi connectivity index (χ2v) is 5.49. The SMILES string of the molecule is C=CCN1CC(CCC(=O)O)N(C)C(C)(C)C1. The van der Waals surface area contributed by atoms with Gasteiger partial charge in [-0.05, 0) is 27.3 Å². The first-order chi connectivity index (χ1) is 7.86. The van der Waals surface area contributed by atoms with E-state index in [2.05, 4.69) is 37.3 Å². The summed E-state index contributed by atoms with van der Waals surface area (Å²) in [6.07, 6.45) is 2.87. The molecule has 0 spiro atoms. The first kappa shape index (κ1) is 14.2. The number of likely N-dealkylation sites (N-methyl/N-ethyl adjacent to an activating group) is 1. The van der Waals surface area contributed by atoms with Crippen molar-refractivity contribution in [2.24, 2.45) is 0 Å². The minimum absolute atomic E-state index is 0.0877. The maximum absolute atomic E-state index is 10.7. The van der Waals surface area contributed by atoms with Crippen LogP contribution in [0.25, 0.3) is 0 Å². The molecule has 4 nitrogen and oxygen atoms in total. The lowest BCUT2D eigenvalue weighted by atomic mass is 9.93. The summed E-state index contributed by atoms with van der Waals surface area (Å²) in [6, 6.07) is 0.315. The molecule has 1 saturated heterocycles. The number of piperazine rings is 1. The van der Waals surface area contributed by atoms with Crippen LogP contribution in [0.15, 0.2) is 12.7 Å². The van der Waals surface area contributed by atoms with Crippen molar-refractivity contribution in [1.29, 1.82) is 0 Å². The predicted molar refractivity (Wildman–Crippen MR) is 69.1 cm³/mol. The van der Waals surface area contributed by atoms with E-state index in [1.807, 2.05) is 6.08 Å². The van der Waals surface area contributed by atoms with Crippen molar-refractivity contribution in [1.82, 2.24) is 9.80 Å². The van der Waals surface area contributed by atoms with E-state index in [4.69, 9.17) is 5.11 Å². The third-order valence-electron chi connectivity index (χ3n) is 3.66. The van der Waals surface area contributed by atoms with Gasteiger partial charge in [0.2, 0.25) is 0 Å². The number of rotatable bonds is 5. The lowest BCUT2D eigenvalue weighted by Gasteiger charge is -2.50. The summed E-state index contributed by atoms with van der Waals surface area (Å²) < 4.78 is 0. The minimum Gasteiger partial charge on any atom is -0.481 e. The number of carboxylic acid groups (broad SMARTS) is 1. The van der Waals surface area contributed by atoms with Crippen LogP contribution in [0.5, 0.6) is 0 Å². The molecule has 98 valence electrons. The number of nitrogens with zero attached hydrogens (tertiary/aromatic N) is 2. The second kappa shape index (κ2) is 5.65. The summed E-state index contributed by atoms with van der Waals surface area (Å²) in [5, 5.41) is 8.78. The quantitative estimate of drug-likeness (QED) is 0.738. The van der Waals surface area contributed by atoms with E-state index in [-0.39, 0.29) is 12.0 Å². The smallest absolute Gasteiger partial charge is 0.303 e. The highest BCUT2D eigenvalue weighted by molar-refractivity contribution is 5.66. The van der Waals surface area contributed by atoms with Gasteiger partial charge in [0.15, 0.2) is 0 Å². The van der Waals surface area contributed by atoms with Crippen LogP contribution in [0, 0.1) is 0 Å². The normalized spacial score (nSPS) is 25.7. The molecule has 1 heterocycles. The van der Waals surface area contributed by atoms with Gasteiger partial charge in [-0.15, -0.1) is 6.58 Å². The summed E-state index contributed by atoms with van der Waals surface area (Å²) in [5.74, 6) is -0.711. The molecule has 0 aromatic rings. The monoisotopic (exact) mass is 240 g/mol. The molecule has 1 unspecified atom stereocenters. The van der Waals surface area contributed by atoms with Crippen LogP contribution in [0.2, 0.25) is 0 Å². The minimum atomic E-state index is -0.711. The molecule has 4 heteroatoms. The van der Waals surface area contributed by atoms with Gasteiger partial charge in [0.25, 0.3) is 0 Å². The van der Waals surface area contributed by atoms with E-state index >= 15 is 0 Å². The fourth-order valence-electron chi connectivity index (χ4n) is 2.53. The molecule has 0 saturated carbocycles. The van der Waals surface area contributed by atoms with Crippen molar-refractivity contribution in [3.8, 4) is 0 Å². The zero-order valence-electron chi connectivity index (χ0n) is 11.1. The largest absolute Gasteiger partial charge is 0.481 e. The molecule has 0 aliphatic carbocycles. The van der Waals surface area contributed by atoms with E-state index < -0.39 is 5.97 Å². The van der Waals surface area contributed by atoms with E-state index in [1.54, 1.807) is 0 Å². The predicted octanol–water partition coefficient (Wildman–Crippen LogP) is 1.43. The van der Waals surface area contributed by atoms with Gasteiger partial charge in [-0.1, -0.05) is 6.08 Å². The average Bonchev–Trinajstić information content (AvgIpc) is 2.21. The summed E-state index contributed by atoms with van der Waals surface area (Å²) >= 11 is 0. The molecule has 0 aromatic heterocycles. The van der Waals surface area contributed by atoms with E-state index in [0.29, 0.717) is 12.5 Å². The Balaban J connectivity index is 2.66. The molecule has 0 radical (unpaired) electrons. The second-order valence-electron chi connectivity index (χ2n) is 5.49.